The van der Waals surface area contributed by atoms with Crippen LogP contribution in [0.3, 0.4) is 0 Å². The average Bonchev–Trinajstić information content (AvgIpc) is 3.08. The standard InChI is InChI=1S/C25H35N2/c1-20-10-4-7-14-25(20)26(16-15-24-13-8-9-17-27(24,2)3)23-18-21-11-5-6-12-22(21)19-23/h4-7,10-12,14,23-24H,8-9,13,15-19H2,1-3H3/q+1. The van der Waals surface area contributed by atoms with Crippen molar-refractivity contribution in [3.63, 3.8) is 0 Å². The van der Waals surface area contributed by atoms with Crippen LogP contribution in [0.15, 0.2) is 48.5 Å². The van der Waals surface area contributed by atoms with Crippen LogP contribution in [0.2, 0.25) is 0 Å². The zero-order valence-corrected chi connectivity index (χ0v) is 17.3. The molecule has 1 aliphatic heterocycles. The highest BCUT2D eigenvalue weighted by Gasteiger charge is 2.33. The molecule has 27 heavy (non-hydrogen) atoms. The summed E-state index contributed by atoms with van der Waals surface area (Å²) in [5.41, 5.74) is 5.95. The quantitative estimate of drug-likeness (QED) is 0.677. The van der Waals surface area contributed by atoms with Gasteiger partial charge in [0.2, 0.25) is 0 Å². The number of fused-ring (bicyclic) bond motifs is 1. The van der Waals surface area contributed by atoms with Gasteiger partial charge >= 0.3 is 0 Å². The van der Waals surface area contributed by atoms with Crippen molar-refractivity contribution in [2.24, 2.45) is 0 Å². The second-order valence-electron chi connectivity index (χ2n) is 9.25. The highest BCUT2D eigenvalue weighted by Crippen LogP contribution is 2.32. The zero-order chi connectivity index (χ0) is 18.9. The van der Waals surface area contributed by atoms with Crippen molar-refractivity contribution in [3.05, 3.63) is 65.2 Å². The summed E-state index contributed by atoms with van der Waals surface area (Å²) in [6.07, 6.45) is 7.86. The third-order valence-corrected chi connectivity index (χ3v) is 7.11. The van der Waals surface area contributed by atoms with E-state index in [1.807, 2.05) is 0 Å². The lowest BCUT2D eigenvalue weighted by Gasteiger charge is -2.43. The fourth-order valence-electron chi connectivity index (χ4n) is 5.35. The summed E-state index contributed by atoms with van der Waals surface area (Å²) >= 11 is 0. The number of hydrogen-bond acceptors (Lipinski definition) is 1. The Labute approximate surface area is 165 Å². The van der Waals surface area contributed by atoms with Crippen molar-refractivity contribution in [1.29, 1.82) is 0 Å². The molecule has 1 heterocycles. The predicted octanol–water partition coefficient (Wildman–Crippen LogP) is 4.99. The van der Waals surface area contributed by atoms with Gasteiger partial charge in [-0.3, -0.25) is 0 Å². The van der Waals surface area contributed by atoms with E-state index in [-0.39, 0.29) is 0 Å². The van der Waals surface area contributed by atoms with Crippen LogP contribution in [0.25, 0.3) is 0 Å². The highest BCUT2D eigenvalue weighted by molar-refractivity contribution is 5.55. The Morgan fingerprint density at radius 1 is 0.926 bits per heavy atom. The van der Waals surface area contributed by atoms with Gasteiger partial charge in [-0.15, -0.1) is 0 Å². The highest BCUT2D eigenvalue weighted by atomic mass is 15.3. The lowest BCUT2D eigenvalue weighted by Crippen LogP contribution is -2.53. The fraction of sp³-hybridized carbons (Fsp3) is 0.520. The molecule has 2 aliphatic rings. The average molecular weight is 364 g/mol. The molecule has 0 saturated carbocycles. The van der Waals surface area contributed by atoms with Gasteiger partial charge in [0.1, 0.15) is 0 Å². The minimum absolute atomic E-state index is 0.600. The Morgan fingerprint density at radius 2 is 1.59 bits per heavy atom. The van der Waals surface area contributed by atoms with E-state index in [9.17, 15) is 0 Å². The summed E-state index contributed by atoms with van der Waals surface area (Å²) in [5, 5.41) is 0. The van der Waals surface area contributed by atoms with Crippen LogP contribution >= 0.6 is 0 Å². The summed E-state index contributed by atoms with van der Waals surface area (Å²) in [6.45, 7) is 4.78. The molecular formula is C25H35N2+. The monoisotopic (exact) mass is 363 g/mol. The third-order valence-electron chi connectivity index (χ3n) is 7.11. The lowest BCUT2D eigenvalue weighted by atomic mass is 9.96. The van der Waals surface area contributed by atoms with E-state index >= 15 is 0 Å². The maximum atomic E-state index is 2.74. The molecule has 1 aliphatic carbocycles. The van der Waals surface area contributed by atoms with Gasteiger partial charge in [0.15, 0.2) is 0 Å². The van der Waals surface area contributed by atoms with E-state index in [1.54, 1.807) is 11.1 Å². The molecule has 2 aromatic rings. The number of benzene rings is 2. The second kappa shape index (κ2) is 7.67. The predicted molar refractivity (Wildman–Crippen MR) is 115 cm³/mol. The van der Waals surface area contributed by atoms with Gasteiger partial charge in [-0.2, -0.15) is 0 Å². The molecule has 0 aromatic heterocycles. The first-order chi connectivity index (χ1) is 13.0. The van der Waals surface area contributed by atoms with E-state index in [4.69, 9.17) is 0 Å². The number of aryl methyl sites for hydroxylation is 1. The number of likely N-dealkylation sites (tertiary alicyclic amines) is 1. The molecule has 0 radical (unpaired) electrons. The van der Waals surface area contributed by atoms with Crippen molar-refractivity contribution in [2.45, 2.75) is 57.5 Å². The van der Waals surface area contributed by atoms with Crippen LogP contribution in [-0.2, 0) is 12.8 Å². The molecule has 1 atom stereocenters. The fourth-order valence-corrected chi connectivity index (χ4v) is 5.35. The molecule has 2 aromatic carbocycles. The summed E-state index contributed by atoms with van der Waals surface area (Å²) < 4.78 is 1.20. The number of rotatable bonds is 5. The smallest absolute Gasteiger partial charge is 0.0903 e. The molecule has 0 amide bonds. The van der Waals surface area contributed by atoms with Crippen LogP contribution in [0.4, 0.5) is 5.69 Å². The van der Waals surface area contributed by atoms with Crippen LogP contribution in [0.1, 0.15) is 42.4 Å². The number of quaternary nitrogens is 1. The van der Waals surface area contributed by atoms with Gasteiger partial charge in [-0.1, -0.05) is 42.5 Å². The van der Waals surface area contributed by atoms with Gasteiger partial charge < -0.3 is 9.38 Å². The topological polar surface area (TPSA) is 3.24 Å². The van der Waals surface area contributed by atoms with Gasteiger partial charge in [-0.25, -0.2) is 0 Å². The Bertz CT molecular complexity index is 754. The molecule has 1 unspecified atom stereocenters. The molecule has 2 heteroatoms. The molecule has 1 saturated heterocycles. The number of hydrogen-bond donors (Lipinski definition) is 0. The van der Waals surface area contributed by atoms with E-state index in [0.717, 1.165) is 6.04 Å². The number of para-hydroxylation sites is 1. The lowest BCUT2D eigenvalue weighted by molar-refractivity contribution is -0.920. The third kappa shape index (κ3) is 3.91. The summed E-state index contributed by atoms with van der Waals surface area (Å²) in [5.74, 6) is 0. The molecule has 2 nitrogen and oxygen atoms in total. The van der Waals surface area contributed by atoms with Gasteiger partial charge in [0.25, 0.3) is 0 Å². The minimum atomic E-state index is 0.600. The first kappa shape index (κ1) is 18.6. The second-order valence-corrected chi connectivity index (χ2v) is 9.25. The molecular weight excluding hydrogens is 328 g/mol. The van der Waals surface area contributed by atoms with Gasteiger partial charge in [0.05, 0.1) is 26.7 Å². The Kier molecular flexibility index (Phi) is 5.27. The van der Waals surface area contributed by atoms with Crippen molar-refractivity contribution in [3.8, 4) is 0 Å². The van der Waals surface area contributed by atoms with Gasteiger partial charge in [-0.05, 0) is 61.8 Å². The molecule has 4 rings (SSSR count). The van der Waals surface area contributed by atoms with Crippen LogP contribution in [0, 0.1) is 6.92 Å². The molecule has 0 spiro atoms. The Balaban J connectivity index is 1.55. The normalized spacial score (nSPS) is 21.8. The summed E-state index contributed by atoms with van der Waals surface area (Å²) in [7, 11) is 4.88. The molecule has 1 fully saturated rings. The number of nitrogens with zero attached hydrogens (tertiary/aromatic N) is 2. The minimum Gasteiger partial charge on any atom is -0.367 e. The maximum Gasteiger partial charge on any atom is 0.0903 e. The number of piperidine rings is 1. The molecule has 0 N–H and O–H groups in total. The first-order valence-electron chi connectivity index (χ1n) is 10.8. The summed E-state index contributed by atoms with van der Waals surface area (Å²) in [4.78, 5) is 2.74. The SMILES string of the molecule is Cc1ccccc1N(CCC1CCCC[N+]1(C)C)C1Cc2ccccc2C1. The first-order valence-corrected chi connectivity index (χ1v) is 10.8. The van der Waals surface area contributed by atoms with Crippen LogP contribution < -0.4 is 4.90 Å². The van der Waals surface area contributed by atoms with Crippen molar-refractivity contribution in [1.82, 2.24) is 0 Å². The van der Waals surface area contributed by atoms with E-state index < -0.39 is 0 Å². The van der Waals surface area contributed by atoms with E-state index in [1.165, 1.54) is 67.3 Å². The Hall–Kier alpha value is -1.80. The van der Waals surface area contributed by atoms with Crippen molar-refractivity contribution >= 4 is 5.69 Å². The largest absolute Gasteiger partial charge is 0.367 e. The zero-order valence-electron chi connectivity index (χ0n) is 17.3. The van der Waals surface area contributed by atoms with Crippen LogP contribution in [-0.4, -0.2) is 43.8 Å². The van der Waals surface area contributed by atoms with E-state index in [0.29, 0.717) is 6.04 Å². The van der Waals surface area contributed by atoms with E-state index in [2.05, 4.69) is 74.4 Å². The van der Waals surface area contributed by atoms with Crippen molar-refractivity contribution in [2.75, 3.05) is 32.1 Å². The van der Waals surface area contributed by atoms with Crippen LogP contribution in [0.5, 0.6) is 0 Å². The molecule has 144 valence electrons. The Morgan fingerprint density at radius 3 is 2.26 bits per heavy atom. The van der Waals surface area contributed by atoms with Gasteiger partial charge in [0, 0.05) is 24.7 Å². The summed E-state index contributed by atoms with van der Waals surface area (Å²) in [6, 6.07) is 19.4. The molecule has 0 bridgehead atoms. The maximum absolute atomic E-state index is 2.74. The number of anilines is 1. The van der Waals surface area contributed by atoms with Crippen molar-refractivity contribution < 1.29 is 4.48 Å².